The molecule has 1 aromatic rings. The number of hydrogen-bond acceptors (Lipinski definition) is 2. The van der Waals surface area contributed by atoms with E-state index in [9.17, 15) is 4.39 Å². The number of benzene rings is 1. The van der Waals surface area contributed by atoms with Gasteiger partial charge in [-0.05, 0) is 19.4 Å². The van der Waals surface area contributed by atoms with Crippen molar-refractivity contribution in [1.82, 2.24) is 5.32 Å². The lowest BCUT2D eigenvalue weighted by Gasteiger charge is -2.11. The lowest BCUT2D eigenvalue weighted by atomic mass is 10.1. The molecule has 1 nitrogen and oxygen atoms in total. The van der Waals surface area contributed by atoms with Crippen LogP contribution in [0.1, 0.15) is 11.7 Å². The van der Waals surface area contributed by atoms with E-state index in [2.05, 4.69) is 5.32 Å². The molecule has 0 spiro atoms. The molecule has 0 fully saturated rings. The maximum atomic E-state index is 13.5. The largest absolute Gasteiger partial charge is 0.317 e. The van der Waals surface area contributed by atoms with Gasteiger partial charge in [0.2, 0.25) is 0 Å². The molecule has 1 aromatic carbocycles. The SMILES string of the molecule is CNCC(F)c1ccccc1SC. The summed E-state index contributed by atoms with van der Waals surface area (Å²) in [5.41, 5.74) is 0.782. The Kier molecular flexibility index (Phi) is 4.25. The van der Waals surface area contributed by atoms with E-state index in [1.165, 1.54) is 0 Å². The summed E-state index contributed by atoms with van der Waals surface area (Å²) in [7, 11) is 1.76. The van der Waals surface area contributed by atoms with Gasteiger partial charge in [-0.1, -0.05) is 18.2 Å². The number of likely N-dealkylation sites (N-methyl/N-ethyl adjacent to an activating group) is 1. The smallest absolute Gasteiger partial charge is 0.139 e. The first-order valence-electron chi connectivity index (χ1n) is 4.21. The third kappa shape index (κ3) is 2.71. The van der Waals surface area contributed by atoms with Crippen molar-refractivity contribution in [1.29, 1.82) is 0 Å². The standard InChI is InChI=1S/C10H14FNS/c1-12-7-9(11)8-5-3-4-6-10(8)13-2/h3-6,9,12H,7H2,1-2H3. The van der Waals surface area contributed by atoms with Crippen LogP contribution in [0.5, 0.6) is 0 Å². The molecule has 72 valence electrons. The van der Waals surface area contributed by atoms with Crippen LogP contribution in [-0.4, -0.2) is 19.8 Å². The fourth-order valence-electron chi connectivity index (χ4n) is 1.21. The molecule has 0 aliphatic heterocycles. The number of thioether (sulfide) groups is 1. The van der Waals surface area contributed by atoms with Crippen molar-refractivity contribution in [3.63, 3.8) is 0 Å². The molecule has 0 bridgehead atoms. The van der Waals surface area contributed by atoms with E-state index >= 15 is 0 Å². The molecule has 0 aliphatic carbocycles. The predicted molar refractivity (Wildman–Crippen MR) is 56.0 cm³/mol. The maximum absolute atomic E-state index is 13.5. The molecule has 0 radical (unpaired) electrons. The fraction of sp³-hybridized carbons (Fsp3) is 0.400. The van der Waals surface area contributed by atoms with Crippen molar-refractivity contribution in [2.75, 3.05) is 19.8 Å². The Morgan fingerprint density at radius 2 is 2.15 bits per heavy atom. The highest BCUT2D eigenvalue weighted by atomic mass is 32.2. The van der Waals surface area contributed by atoms with E-state index in [0.717, 1.165) is 10.5 Å². The van der Waals surface area contributed by atoms with Crippen LogP contribution >= 0.6 is 11.8 Å². The number of nitrogens with one attached hydrogen (secondary N) is 1. The predicted octanol–water partition coefficient (Wildman–Crippen LogP) is 2.64. The van der Waals surface area contributed by atoms with E-state index in [0.29, 0.717) is 6.54 Å². The van der Waals surface area contributed by atoms with Crippen molar-refractivity contribution in [2.45, 2.75) is 11.1 Å². The van der Waals surface area contributed by atoms with E-state index in [1.54, 1.807) is 18.8 Å². The zero-order chi connectivity index (χ0) is 9.68. The monoisotopic (exact) mass is 199 g/mol. The average molecular weight is 199 g/mol. The van der Waals surface area contributed by atoms with Gasteiger partial charge in [0.05, 0.1) is 0 Å². The van der Waals surface area contributed by atoms with Crippen molar-refractivity contribution in [3.8, 4) is 0 Å². The van der Waals surface area contributed by atoms with Crippen LogP contribution < -0.4 is 5.32 Å². The van der Waals surface area contributed by atoms with Gasteiger partial charge in [0.1, 0.15) is 6.17 Å². The molecule has 1 N–H and O–H groups in total. The number of halogens is 1. The second kappa shape index (κ2) is 5.25. The Labute approximate surface area is 82.7 Å². The molecule has 0 saturated heterocycles. The molecule has 0 amide bonds. The molecular formula is C10H14FNS. The number of hydrogen-bond donors (Lipinski definition) is 1. The molecular weight excluding hydrogens is 185 g/mol. The summed E-state index contributed by atoms with van der Waals surface area (Å²) in [5.74, 6) is 0. The molecule has 1 atom stereocenters. The zero-order valence-electron chi connectivity index (χ0n) is 7.88. The van der Waals surface area contributed by atoms with Crippen LogP contribution in [0.3, 0.4) is 0 Å². The Morgan fingerprint density at radius 1 is 1.46 bits per heavy atom. The summed E-state index contributed by atoms with van der Waals surface area (Å²) < 4.78 is 13.5. The molecule has 0 heterocycles. The topological polar surface area (TPSA) is 12.0 Å². The van der Waals surface area contributed by atoms with Gasteiger partial charge in [-0.15, -0.1) is 11.8 Å². The van der Waals surface area contributed by atoms with Gasteiger partial charge in [-0.3, -0.25) is 0 Å². The van der Waals surface area contributed by atoms with E-state index < -0.39 is 6.17 Å². The van der Waals surface area contributed by atoms with E-state index in [1.807, 2.05) is 30.5 Å². The summed E-state index contributed by atoms with van der Waals surface area (Å²) in [6, 6.07) is 7.59. The Morgan fingerprint density at radius 3 is 2.77 bits per heavy atom. The highest BCUT2D eigenvalue weighted by molar-refractivity contribution is 7.98. The van der Waals surface area contributed by atoms with Gasteiger partial charge in [-0.2, -0.15) is 0 Å². The van der Waals surface area contributed by atoms with Crippen molar-refractivity contribution >= 4 is 11.8 Å². The molecule has 1 unspecified atom stereocenters. The van der Waals surface area contributed by atoms with Gasteiger partial charge in [-0.25, -0.2) is 4.39 Å². The van der Waals surface area contributed by atoms with Gasteiger partial charge < -0.3 is 5.32 Å². The summed E-state index contributed by atoms with van der Waals surface area (Å²) in [6.07, 6.45) is 1.05. The molecule has 13 heavy (non-hydrogen) atoms. The van der Waals surface area contributed by atoms with Crippen molar-refractivity contribution in [2.24, 2.45) is 0 Å². The van der Waals surface area contributed by atoms with Crippen LogP contribution in [0.2, 0.25) is 0 Å². The normalized spacial score (nSPS) is 12.8. The third-order valence-electron chi connectivity index (χ3n) is 1.86. The first kappa shape index (κ1) is 10.5. The first-order valence-corrected chi connectivity index (χ1v) is 5.43. The summed E-state index contributed by atoms with van der Waals surface area (Å²) in [6.45, 7) is 0.373. The first-order chi connectivity index (χ1) is 6.29. The van der Waals surface area contributed by atoms with Crippen LogP contribution in [0.4, 0.5) is 4.39 Å². The number of alkyl halides is 1. The van der Waals surface area contributed by atoms with Crippen LogP contribution in [-0.2, 0) is 0 Å². The quantitative estimate of drug-likeness (QED) is 0.748. The third-order valence-corrected chi connectivity index (χ3v) is 2.67. The van der Waals surface area contributed by atoms with Crippen molar-refractivity contribution < 1.29 is 4.39 Å². The Balaban J connectivity index is 2.85. The molecule has 1 rings (SSSR count). The second-order valence-electron chi connectivity index (χ2n) is 2.77. The molecule has 0 saturated carbocycles. The molecule has 0 aliphatic rings. The van der Waals surface area contributed by atoms with Crippen LogP contribution in [0.15, 0.2) is 29.2 Å². The summed E-state index contributed by atoms with van der Waals surface area (Å²) >= 11 is 1.58. The van der Waals surface area contributed by atoms with Crippen molar-refractivity contribution in [3.05, 3.63) is 29.8 Å². The zero-order valence-corrected chi connectivity index (χ0v) is 8.70. The van der Waals surface area contributed by atoms with Crippen LogP contribution in [0.25, 0.3) is 0 Å². The minimum absolute atomic E-state index is 0.373. The lowest BCUT2D eigenvalue weighted by molar-refractivity contribution is 0.331. The van der Waals surface area contributed by atoms with Gasteiger partial charge in [0, 0.05) is 17.0 Å². The van der Waals surface area contributed by atoms with Gasteiger partial charge >= 0.3 is 0 Å². The summed E-state index contributed by atoms with van der Waals surface area (Å²) in [5, 5.41) is 2.83. The average Bonchev–Trinajstić information content (AvgIpc) is 2.18. The summed E-state index contributed by atoms with van der Waals surface area (Å²) in [4.78, 5) is 1.02. The lowest BCUT2D eigenvalue weighted by Crippen LogP contribution is -2.14. The minimum Gasteiger partial charge on any atom is -0.317 e. The second-order valence-corrected chi connectivity index (χ2v) is 3.62. The van der Waals surface area contributed by atoms with Crippen LogP contribution in [0, 0.1) is 0 Å². The minimum atomic E-state index is -0.909. The number of rotatable bonds is 4. The molecule has 0 aromatic heterocycles. The van der Waals surface area contributed by atoms with E-state index in [4.69, 9.17) is 0 Å². The highest BCUT2D eigenvalue weighted by Gasteiger charge is 2.11. The van der Waals surface area contributed by atoms with E-state index in [-0.39, 0.29) is 0 Å². The Bertz CT molecular complexity index is 265. The molecule has 3 heteroatoms. The van der Waals surface area contributed by atoms with Gasteiger partial charge in [0.15, 0.2) is 0 Å². The highest BCUT2D eigenvalue weighted by Crippen LogP contribution is 2.27. The maximum Gasteiger partial charge on any atom is 0.139 e. The van der Waals surface area contributed by atoms with Gasteiger partial charge in [0.25, 0.3) is 0 Å². The fourth-order valence-corrected chi connectivity index (χ4v) is 1.86. The Hall–Kier alpha value is -0.540.